The zero-order valence-electron chi connectivity index (χ0n) is 12.1. The van der Waals surface area contributed by atoms with E-state index in [9.17, 15) is 8.42 Å². The van der Waals surface area contributed by atoms with Gasteiger partial charge in [-0.25, -0.2) is 13.4 Å². The molecule has 0 atom stereocenters. The van der Waals surface area contributed by atoms with Gasteiger partial charge in [-0.1, -0.05) is 37.5 Å². The summed E-state index contributed by atoms with van der Waals surface area (Å²) in [7, 11) is -3.29. The molecule has 0 bridgehead atoms. The SMILES string of the molecule is CS(=O)(=O)c1ccccc1-c1ncoc1C1CCCCC1. The first-order chi connectivity index (χ1) is 10.1. The minimum atomic E-state index is -3.29. The Hall–Kier alpha value is -1.62. The number of nitrogens with zero attached hydrogens (tertiary/aromatic N) is 1. The Morgan fingerprint density at radius 2 is 1.86 bits per heavy atom. The molecule has 112 valence electrons. The molecule has 3 rings (SSSR count). The fourth-order valence-corrected chi connectivity index (χ4v) is 3.99. The van der Waals surface area contributed by atoms with Gasteiger partial charge in [0.25, 0.3) is 0 Å². The van der Waals surface area contributed by atoms with Gasteiger partial charge in [0.2, 0.25) is 0 Å². The van der Waals surface area contributed by atoms with Crippen molar-refractivity contribution in [1.82, 2.24) is 4.98 Å². The van der Waals surface area contributed by atoms with Gasteiger partial charge in [-0.15, -0.1) is 0 Å². The van der Waals surface area contributed by atoms with Crippen LogP contribution in [0.2, 0.25) is 0 Å². The van der Waals surface area contributed by atoms with Crippen molar-refractivity contribution in [2.45, 2.75) is 42.9 Å². The van der Waals surface area contributed by atoms with Gasteiger partial charge in [-0.2, -0.15) is 0 Å². The highest BCUT2D eigenvalue weighted by Crippen LogP contribution is 2.39. The largest absolute Gasteiger partial charge is 0.448 e. The molecule has 0 saturated heterocycles. The summed E-state index contributed by atoms with van der Waals surface area (Å²) in [5.41, 5.74) is 1.33. The van der Waals surface area contributed by atoms with Crippen molar-refractivity contribution in [3.63, 3.8) is 0 Å². The highest BCUT2D eigenvalue weighted by atomic mass is 32.2. The lowest BCUT2D eigenvalue weighted by Crippen LogP contribution is -2.06. The lowest BCUT2D eigenvalue weighted by Gasteiger charge is -2.20. The number of hydrogen-bond acceptors (Lipinski definition) is 4. The van der Waals surface area contributed by atoms with E-state index >= 15 is 0 Å². The van der Waals surface area contributed by atoms with Gasteiger partial charge in [0.1, 0.15) is 11.5 Å². The summed E-state index contributed by atoms with van der Waals surface area (Å²) in [5, 5.41) is 0. The van der Waals surface area contributed by atoms with E-state index in [1.165, 1.54) is 31.9 Å². The predicted octanol–water partition coefficient (Wildman–Crippen LogP) is 3.79. The van der Waals surface area contributed by atoms with E-state index in [0.717, 1.165) is 18.6 Å². The monoisotopic (exact) mass is 305 g/mol. The predicted molar refractivity (Wildman–Crippen MR) is 80.9 cm³/mol. The zero-order chi connectivity index (χ0) is 14.9. The van der Waals surface area contributed by atoms with Crippen LogP contribution in [0.25, 0.3) is 11.3 Å². The molecule has 1 fully saturated rings. The summed E-state index contributed by atoms with van der Waals surface area (Å²) in [6.45, 7) is 0. The standard InChI is InChI=1S/C16H19NO3S/c1-21(18,19)14-10-6-5-9-13(14)15-16(20-11-17-15)12-7-3-2-4-8-12/h5-6,9-12H,2-4,7-8H2,1H3. The molecule has 1 aromatic carbocycles. The molecule has 5 heteroatoms. The van der Waals surface area contributed by atoms with Crippen LogP contribution in [-0.4, -0.2) is 19.7 Å². The number of oxazole rings is 1. The molecule has 0 N–H and O–H groups in total. The van der Waals surface area contributed by atoms with E-state index in [2.05, 4.69) is 4.98 Å². The minimum absolute atomic E-state index is 0.316. The van der Waals surface area contributed by atoms with Gasteiger partial charge in [0, 0.05) is 17.7 Å². The fraction of sp³-hybridized carbons (Fsp3) is 0.438. The van der Waals surface area contributed by atoms with E-state index in [1.807, 2.05) is 6.07 Å². The number of sulfone groups is 1. The molecule has 1 heterocycles. The van der Waals surface area contributed by atoms with Crippen molar-refractivity contribution in [1.29, 1.82) is 0 Å². The smallest absolute Gasteiger partial charge is 0.181 e. The summed E-state index contributed by atoms with van der Waals surface area (Å²) in [6, 6.07) is 7.01. The molecule has 0 radical (unpaired) electrons. The summed E-state index contributed by atoms with van der Waals surface area (Å²) in [6.07, 6.45) is 8.48. The molecule has 1 aliphatic carbocycles. The van der Waals surface area contributed by atoms with Crippen molar-refractivity contribution in [2.75, 3.05) is 6.26 Å². The first-order valence-electron chi connectivity index (χ1n) is 7.30. The molecule has 0 spiro atoms. The van der Waals surface area contributed by atoms with Gasteiger partial charge < -0.3 is 4.42 Å². The Kier molecular flexibility index (Phi) is 3.85. The van der Waals surface area contributed by atoms with E-state index in [4.69, 9.17) is 4.42 Å². The molecule has 1 aromatic heterocycles. The second kappa shape index (κ2) is 5.64. The molecule has 4 nitrogen and oxygen atoms in total. The molecule has 0 aliphatic heterocycles. The van der Waals surface area contributed by atoms with Crippen LogP contribution < -0.4 is 0 Å². The average Bonchev–Trinajstić information content (AvgIpc) is 2.96. The lowest BCUT2D eigenvalue weighted by molar-refractivity contribution is 0.375. The van der Waals surface area contributed by atoms with E-state index < -0.39 is 9.84 Å². The van der Waals surface area contributed by atoms with Gasteiger partial charge in [0.15, 0.2) is 16.2 Å². The van der Waals surface area contributed by atoms with Crippen molar-refractivity contribution in [3.05, 3.63) is 36.4 Å². The zero-order valence-corrected chi connectivity index (χ0v) is 12.9. The van der Waals surface area contributed by atoms with Gasteiger partial charge in [-0.05, 0) is 18.9 Å². The normalized spacial score (nSPS) is 17.0. The van der Waals surface area contributed by atoms with Gasteiger partial charge >= 0.3 is 0 Å². The molecule has 21 heavy (non-hydrogen) atoms. The van der Waals surface area contributed by atoms with E-state index in [0.29, 0.717) is 22.1 Å². The topological polar surface area (TPSA) is 60.2 Å². The van der Waals surface area contributed by atoms with Crippen LogP contribution in [0.4, 0.5) is 0 Å². The van der Waals surface area contributed by atoms with Crippen LogP contribution in [0.5, 0.6) is 0 Å². The highest BCUT2D eigenvalue weighted by molar-refractivity contribution is 7.90. The maximum atomic E-state index is 12.0. The Labute approximate surface area is 125 Å². The molecular weight excluding hydrogens is 286 g/mol. The second-order valence-electron chi connectivity index (χ2n) is 5.67. The Morgan fingerprint density at radius 1 is 1.14 bits per heavy atom. The summed E-state index contributed by atoms with van der Waals surface area (Å²) >= 11 is 0. The maximum absolute atomic E-state index is 12.0. The van der Waals surface area contributed by atoms with E-state index in [1.54, 1.807) is 18.2 Å². The maximum Gasteiger partial charge on any atom is 0.181 e. The second-order valence-corrected chi connectivity index (χ2v) is 7.65. The molecule has 0 amide bonds. The first-order valence-corrected chi connectivity index (χ1v) is 9.19. The molecule has 2 aromatic rings. The fourth-order valence-electron chi connectivity index (χ4n) is 3.10. The molecule has 1 saturated carbocycles. The highest BCUT2D eigenvalue weighted by Gasteiger charge is 2.25. The number of benzene rings is 1. The minimum Gasteiger partial charge on any atom is -0.448 e. The molecule has 0 unspecified atom stereocenters. The van der Waals surface area contributed by atoms with Gasteiger partial charge in [0.05, 0.1) is 4.90 Å². The number of hydrogen-bond donors (Lipinski definition) is 0. The lowest BCUT2D eigenvalue weighted by atomic mass is 9.86. The van der Waals surface area contributed by atoms with E-state index in [-0.39, 0.29) is 0 Å². The average molecular weight is 305 g/mol. The van der Waals surface area contributed by atoms with Crippen LogP contribution in [0, 0.1) is 0 Å². The Bertz CT molecular complexity index is 727. The third-order valence-corrected chi connectivity index (χ3v) is 5.27. The molecular formula is C16H19NO3S. The quantitative estimate of drug-likeness (QED) is 0.865. The summed E-state index contributed by atoms with van der Waals surface area (Å²) in [5.74, 6) is 1.19. The van der Waals surface area contributed by atoms with Crippen molar-refractivity contribution in [2.24, 2.45) is 0 Å². The number of aromatic nitrogens is 1. The van der Waals surface area contributed by atoms with Crippen molar-refractivity contribution < 1.29 is 12.8 Å². The third kappa shape index (κ3) is 2.88. The first kappa shape index (κ1) is 14.3. The third-order valence-electron chi connectivity index (χ3n) is 4.11. The Morgan fingerprint density at radius 3 is 2.57 bits per heavy atom. The van der Waals surface area contributed by atoms with Crippen molar-refractivity contribution in [3.8, 4) is 11.3 Å². The summed E-state index contributed by atoms with van der Waals surface area (Å²) < 4.78 is 29.6. The van der Waals surface area contributed by atoms with Crippen LogP contribution in [0.15, 0.2) is 40.0 Å². The van der Waals surface area contributed by atoms with Gasteiger partial charge in [-0.3, -0.25) is 0 Å². The van der Waals surface area contributed by atoms with Crippen LogP contribution in [0.1, 0.15) is 43.8 Å². The summed E-state index contributed by atoms with van der Waals surface area (Å²) in [4.78, 5) is 4.62. The van der Waals surface area contributed by atoms with Crippen LogP contribution in [-0.2, 0) is 9.84 Å². The molecule has 1 aliphatic rings. The van der Waals surface area contributed by atoms with Crippen molar-refractivity contribution >= 4 is 9.84 Å². The van der Waals surface area contributed by atoms with Crippen LogP contribution in [0.3, 0.4) is 0 Å². The van der Waals surface area contributed by atoms with Crippen LogP contribution >= 0.6 is 0 Å². The number of rotatable bonds is 3. The Balaban J connectivity index is 2.08.